The number of benzene rings is 1. The molecule has 1 heterocycles. The van der Waals surface area contributed by atoms with Crippen LogP contribution in [0.1, 0.15) is 25.3 Å². The van der Waals surface area contributed by atoms with Crippen LogP contribution in [0, 0.1) is 0 Å². The van der Waals surface area contributed by atoms with E-state index in [1.165, 1.54) is 5.56 Å². The van der Waals surface area contributed by atoms with Crippen molar-refractivity contribution in [2.45, 2.75) is 37.9 Å². The first-order chi connectivity index (χ1) is 10.5. The Labute approximate surface area is 132 Å². The van der Waals surface area contributed by atoms with Crippen LogP contribution in [0.4, 0.5) is 0 Å². The van der Waals surface area contributed by atoms with E-state index in [4.69, 9.17) is 10.5 Å². The average Bonchev–Trinajstić information content (AvgIpc) is 2.53. The van der Waals surface area contributed by atoms with Crippen molar-refractivity contribution < 1.29 is 9.53 Å². The number of hydrogen-bond acceptors (Lipinski definition) is 4. The summed E-state index contributed by atoms with van der Waals surface area (Å²) in [5, 5.41) is 3.00. The van der Waals surface area contributed by atoms with Gasteiger partial charge in [0.05, 0.1) is 5.54 Å². The fraction of sp³-hybridized carbons (Fsp3) is 0.588. The lowest BCUT2D eigenvalue weighted by molar-refractivity contribution is -0.130. The van der Waals surface area contributed by atoms with Gasteiger partial charge in [0.2, 0.25) is 5.91 Å². The average molecular weight is 305 g/mol. The summed E-state index contributed by atoms with van der Waals surface area (Å²) < 4.78 is 5.28. The van der Waals surface area contributed by atoms with Crippen molar-refractivity contribution in [3.05, 3.63) is 35.9 Å². The third kappa shape index (κ3) is 4.53. The molecule has 1 aliphatic heterocycles. The zero-order chi connectivity index (χ0) is 16.0. The highest BCUT2D eigenvalue weighted by Crippen LogP contribution is 2.17. The molecule has 1 unspecified atom stereocenters. The smallest absolute Gasteiger partial charge is 0.240 e. The molecule has 2 rings (SSSR count). The first-order valence-electron chi connectivity index (χ1n) is 7.90. The second kappa shape index (κ2) is 7.72. The van der Waals surface area contributed by atoms with Gasteiger partial charge in [-0.3, -0.25) is 9.69 Å². The van der Waals surface area contributed by atoms with Gasteiger partial charge in [-0.05, 0) is 32.4 Å². The lowest BCUT2D eigenvalue weighted by atomic mass is 9.90. The normalized spacial score (nSPS) is 18.9. The zero-order valence-corrected chi connectivity index (χ0v) is 13.5. The second-order valence-electron chi connectivity index (χ2n) is 6.23. The van der Waals surface area contributed by atoms with Crippen molar-refractivity contribution in [1.82, 2.24) is 10.2 Å². The summed E-state index contributed by atoms with van der Waals surface area (Å²) in [7, 11) is 2.07. The number of nitrogens with zero attached hydrogens (tertiary/aromatic N) is 1. The van der Waals surface area contributed by atoms with Gasteiger partial charge in [-0.1, -0.05) is 30.3 Å². The number of ether oxygens (including phenoxy) is 1. The molecule has 0 bridgehead atoms. The summed E-state index contributed by atoms with van der Waals surface area (Å²) in [4.78, 5) is 14.5. The summed E-state index contributed by atoms with van der Waals surface area (Å²) in [6.45, 7) is 4.69. The molecule has 1 amide bonds. The predicted octanol–water partition coefficient (Wildman–Crippen LogP) is 1.13. The fourth-order valence-corrected chi connectivity index (χ4v) is 2.56. The summed E-state index contributed by atoms with van der Waals surface area (Å²) in [5.74, 6) is -0.0595. The minimum Gasteiger partial charge on any atom is -0.381 e. The molecule has 3 N–H and O–H groups in total. The van der Waals surface area contributed by atoms with E-state index in [0.717, 1.165) is 6.54 Å². The van der Waals surface area contributed by atoms with E-state index in [-0.39, 0.29) is 11.9 Å². The van der Waals surface area contributed by atoms with E-state index in [9.17, 15) is 4.79 Å². The maximum absolute atomic E-state index is 12.3. The highest BCUT2D eigenvalue weighted by Gasteiger charge is 2.35. The van der Waals surface area contributed by atoms with Gasteiger partial charge in [-0.2, -0.15) is 0 Å². The summed E-state index contributed by atoms with van der Waals surface area (Å²) >= 11 is 0. The Morgan fingerprint density at radius 2 is 2.00 bits per heavy atom. The lowest BCUT2D eigenvalue weighted by Crippen LogP contribution is -2.58. The van der Waals surface area contributed by atoms with Crippen LogP contribution in [0.25, 0.3) is 0 Å². The SMILES string of the molecule is CC(CNC(=O)C1(N)CCOCC1)N(C)Cc1ccccc1. The molecule has 22 heavy (non-hydrogen) atoms. The molecule has 1 aromatic rings. The quantitative estimate of drug-likeness (QED) is 0.827. The van der Waals surface area contributed by atoms with Gasteiger partial charge in [0.15, 0.2) is 0 Å². The van der Waals surface area contributed by atoms with Gasteiger partial charge in [0.1, 0.15) is 0 Å². The van der Waals surface area contributed by atoms with Crippen LogP contribution < -0.4 is 11.1 Å². The molecular formula is C17H27N3O2. The Balaban J connectivity index is 1.79. The van der Waals surface area contributed by atoms with Gasteiger partial charge in [-0.15, -0.1) is 0 Å². The maximum atomic E-state index is 12.3. The topological polar surface area (TPSA) is 67.6 Å². The van der Waals surface area contributed by atoms with Crippen molar-refractivity contribution in [2.75, 3.05) is 26.8 Å². The van der Waals surface area contributed by atoms with Crippen LogP contribution in [-0.2, 0) is 16.1 Å². The van der Waals surface area contributed by atoms with Gasteiger partial charge in [0, 0.05) is 32.3 Å². The predicted molar refractivity (Wildman–Crippen MR) is 87.4 cm³/mol. The monoisotopic (exact) mass is 305 g/mol. The Hall–Kier alpha value is -1.43. The van der Waals surface area contributed by atoms with Crippen molar-refractivity contribution in [2.24, 2.45) is 5.73 Å². The molecule has 0 saturated carbocycles. The number of amides is 1. The van der Waals surface area contributed by atoms with E-state index < -0.39 is 5.54 Å². The number of nitrogens with one attached hydrogen (secondary N) is 1. The first kappa shape index (κ1) is 16.9. The lowest BCUT2D eigenvalue weighted by Gasteiger charge is -2.33. The molecule has 0 radical (unpaired) electrons. The molecule has 1 aromatic carbocycles. The number of carbonyl (C=O) groups is 1. The molecule has 0 aromatic heterocycles. The molecule has 5 heteroatoms. The van der Waals surface area contributed by atoms with Crippen LogP contribution in [0.15, 0.2) is 30.3 Å². The highest BCUT2D eigenvalue weighted by molar-refractivity contribution is 5.86. The fourth-order valence-electron chi connectivity index (χ4n) is 2.56. The minimum absolute atomic E-state index is 0.0595. The van der Waals surface area contributed by atoms with E-state index >= 15 is 0 Å². The number of hydrogen-bond donors (Lipinski definition) is 2. The number of rotatable bonds is 6. The first-order valence-corrected chi connectivity index (χ1v) is 7.90. The van der Waals surface area contributed by atoms with Crippen molar-refractivity contribution in [3.8, 4) is 0 Å². The van der Waals surface area contributed by atoms with E-state index in [2.05, 4.69) is 36.3 Å². The molecule has 0 spiro atoms. The molecule has 1 atom stereocenters. The Morgan fingerprint density at radius 1 is 1.36 bits per heavy atom. The van der Waals surface area contributed by atoms with Crippen molar-refractivity contribution in [1.29, 1.82) is 0 Å². The van der Waals surface area contributed by atoms with E-state index in [1.54, 1.807) is 0 Å². The van der Waals surface area contributed by atoms with Crippen LogP contribution in [0.3, 0.4) is 0 Å². The third-order valence-corrected chi connectivity index (χ3v) is 4.42. The second-order valence-corrected chi connectivity index (χ2v) is 6.23. The Morgan fingerprint density at radius 3 is 2.64 bits per heavy atom. The van der Waals surface area contributed by atoms with E-state index in [0.29, 0.717) is 32.6 Å². The summed E-state index contributed by atoms with van der Waals surface area (Å²) in [6, 6.07) is 10.6. The Kier molecular flexibility index (Phi) is 5.94. The standard InChI is InChI=1S/C17H27N3O2/c1-14(20(2)13-15-6-4-3-5-7-15)12-19-16(21)17(18)8-10-22-11-9-17/h3-7,14H,8-13,18H2,1-2H3,(H,19,21). The summed E-state index contributed by atoms with van der Waals surface area (Å²) in [6.07, 6.45) is 1.18. The van der Waals surface area contributed by atoms with Crippen LogP contribution >= 0.6 is 0 Å². The number of carbonyl (C=O) groups excluding carboxylic acids is 1. The number of nitrogens with two attached hydrogens (primary N) is 1. The zero-order valence-electron chi connectivity index (χ0n) is 13.5. The van der Waals surface area contributed by atoms with Crippen LogP contribution in [0.5, 0.6) is 0 Å². The molecule has 1 aliphatic rings. The minimum atomic E-state index is -0.768. The van der Waals surface area contributed by atoms with Crippen molar-refractivity contribution >= 4 is 5.91 Å². The van der Waals surface area contributed by atoms with Gasteiger partial charge < -0.3 is 15.8 Å². The molecule has 5 nitrogen and oxygen atoms in total. The summed E-state index contributed by atoms with van der Waals surface area (Å²) in [5.41, 5.74) is 6.68. The largest absolute Gasteiger partial charge is 0.381 e. The maximum Gasteiger partial charge on any atom is 0.240 e. The van der Waals surface area contributed by atoms with Gasteiger partial charge in [0.25, 0.3) is 0 Å². The van der Waals surface area contributed by atoms with Gasteiger partial charge >= 0.3 is 0 Å². The van der Waals surface area contributed by atoms with E-state index in [1.807, 2.05) is 18.2 Å². The van der Waals surface area contributed by atoms with Gasteiger partial charge in [-0.25, -0.2) is 0 Å². The third-order valence-electron chi connectivity index (χ3n) is 4.42. The highest BCUT2D eigenvalue weighted by atomic mass is 16.5. The van der Waals surface area contributed by atoms with Crippen LogP contribution in [-0.4, -0.2) is 49.2 Å². The molecule has 122 valence electrons. The Bertz CT molecular complexity index is 472. The molecule has 0 aliphatic carbocycles. The molecule has 1 fully saturated rings. The molecular weight excluding hydrogens is 278 g/mol. The van der Waals surface area contributed by atoms with Crippen molar-refractivity contribution in [3.63, 3.8) is 0 Å². The number of likely N-dealkylation sites (N-methyl/N-ethyl adjacent to an activating group) is 1. The molecule has 1 saturated heterocycles. The van der Waals surface area contributed by atoms with Crippen LogP contribution in [0.2, 0.25) is 0 Å².